The molecule has 0 aromatic heterocycles. The number of hydrogen-bond acceptors (Lipinski definition) is 16. The lowest BCUT2D eigenvalue weighted by Crippen LogP contribution is -2.36. The molecule has 0 spiro atoms. The summed E-state index contributed by atoms with van der Waals surface area (Å²) in [5.74, 6) is 1.51. The highest BCUT2D eigenvalue weighted by Crippen LogP contribution is 2.43. The predicted molar refractivity (Wildman–Crippen MR) is 313 cm³/mol. The Kier molecular flexibility index (Phi) is 24.3. The van der Waals surface area contributed by atoms with Gasteiger partial charge in [-0.2, -0.15) is 0 Å². The van der Waals surface area contributed by atoms with E-state index >= 15 is 0 Å². The van der Waals surface area contributed by atoms with Gasteiger partial charge in [0.15, 0.2) is 23.0 Å². The van der Waals surface area contributed by atoms with Crippen molar-refractivity contribution in [2.75, 3.05) is 83.8 Å². The van der Waals surface area contributed by atoms with Crippen molar-refractivity contribution in [3.63, 3.8) is 0 Å². The average Bonchev–Trinajstić information content (AvgIpc) is 3.77. The molecule has 0 aliphatic carbocycles. The number of para-hydroxylation sites is 1. The van der Waals surface area contributed by atoms with Crippen LogP contribution in [0.2, 0.25) is 0 Å². The number of rotatable bonds is 23. The van der Waals surface area contributed by atoms with Gasteiger partial charge in [0.25, 0.3) is 5.91 Å². The third-order valence-corrected chi connectivity index (χ3v) is 15.1. The minimum Gasteiger partial charge on any atom is -0.493 e. The number of fused-ring (bicyclic) bond motifs is 4. The molecule has 5 aromatic carbocycles. The van der Waals surface area contributed by atoms with Crippen LogP contribution in [0.15, 0.2) is 96.0 Å². The summed E-state index contributed by atoms with van der Waals surface area (Å²) in [6, 6.07) is 29.5. The monoisotopic (exact) mass is 1090 g/mol. The number of benzene rings is 5. The second-order valence-corrected chi connectivity index (χ2v) is 21.7. The van der Waals surface area contributed by atoms with Gasteiger partial charge in [0, 0.05) is 65.6 Å². The fourth-order valence-electron chi connectivity index (χ4n) is 8.70. The lowest BCUT2D eigenvalue weighted by molar-refractivity contribution is -0.121. The van der Waals surface area contributed by atoms with Crippen molar-refractivity contribution in [2.24, 2.45) is 4.99 Å². The molecule has 19 heteroatoms. The fourth-order valence-corrected chi connectivity index (χ4v) is 11.0. The molecule has 0 radical (unpaired) electrons. The molecule has 5 aromatic rings. The molecule has 77 heavy (non-hydrogen) atoms. The Balaban J connectivity index is 0.000000489. The molecule has 1 unspecified atom stereocenters. The molecule has 412 valence electrons. The summed E-state index contributed by atoms with van der Waals surface area (Å²) in [7, 11) is 13.9. The van der Waals surface area contributed by atoms with Crippen LogP contribution in [-0.4, -0.2) is 122 Å². The van der Waals surface area contributed by atoms with Crippen LogP contribution in [0.4, 0.5) is 22.7 Å². The Labute approximate surface area is 461 Å². The highest BCUT2D eigenvalue weighted by Gasteiger charge is 2.33. The third kappa shape index (κ3) is 17.6. The zero-order valence-corrected chi connectivity index (χ0v) is 47.4. The van der Waals surface area contributed by atoms with Crippen molar-refractivity contribution in [2.45, 2.75) is 76.5 Å². The number of anilines is 3. The van der Waals surface area contributed by atoms with Gasteiger partial charge >= 0.3 is 0 Å². The maximum absolute atomic E-state index is 14.1. The number of hydrogen-bond donors (Lipinski definition) is 6. The molecule has 0 fully saturated rings. The quantitative estimate of drug-likeness (QED) is 0.0268. The van der Waals surface area contributed by atoms with Crippen molar-refractivity contribution in [1.29, 1.82) is 0 Å². The summed E-state index contributed by atoms with van der Waals surface area (Å²) in [6.45, 7) is 7.19. The molecule has 3 amide bonds. The average molecular weight is 1090 g/mol. The molecule has 0 saturated carbocycles. The number of methoxy groups -OCH3 is 2. The molecule has 2 aliphatic heterocycles. The Morgan fingerprint density at radius 2 is 1.39 bits per heavy atom. The SMILES string of the molecule is CNCC(=O)NCC=O.CNCC(=O)Nc1cc(COc2cc3c(cc2OC)-c2ccccc2CC(NC)C=N3)cc(COc2cc(NC)c(C(=O)N3c4ccccc4C[C@H]3C)cc2OC)c1.CSSC(C)(C)CCC=O. The first kappa shape index (κ1) is 61.0. The minimum atomic E-state index is -0.190. The first-order chi connectivity index (χ1) is 37.2. The number of amides is 3. The lowest BCUT2D eigenvalue weighted by atomic mass is 9.93. The third-order valence-electron chi connectivity index (χ3n) is 12.4. The number of carbonyl (C=O) groups excluding carboxylic acids is 5. The van der Waals surface area contributed by atoms with Gasteiger partial charge in [-0.05, 0) is 132 Å². The van der Waals surface area contributed by atoms with Gasteiger partial charge < -0.3 is 65.3 Å². The molecule has 2 aliphatic rings. The van der Waals surface area contributed by atoms with Gasteiger partial charge in [0.05, 0.1) is 50.8 Å². The molecule has 7 rings (SSSR count). The number of ether oxygens (including phenoxy) is 4. The second-order valence-electron chi connectivity index (χ2n) is 18.6. The van der Waals surface area contributed by atoms with Crippen molar-refractivity contribution in [3.05, 3.63) is 119 Å². The largest absolute Gasteiger partial charge is 0.493 e. The fraction of sp³-hybridized carbons (Fsp3) is 0.379. The summed E-state index contributed by atoms with van der Waals surface area (Å²) in [5.41, 5.74) is 9.36. The van der Waals surface area contributed by atoms with Gasteiger partial charge in [-0.3, -0.25) is 19.4 Å². The van der Waals surface area contributed by atoms with Crippen LogP contribution in [0.5, 0.6) is 23.0 Å². The van der Waals surface area contributed by atoms with E-state index in [-0.39, 0.29) is 67.4 Å². The summed E-state index contributed by atoms with van der Waals surface area (Å²) in [6.07, 6.45) is 8.89. The number of nitrogens with one attached hydrogen (secondary N) is 6. The van der Waals surface area contributed by atoms with E-state index in [1.165, 1.54) is 5.56 Å². The van der Waals surface area contributed by atoms with Crippen molar-refractivity contribution < 1.29 is 42.9 Å². The number of nitrogens with zero attached hydrogens (tertiary/aromatic N) is 2. The molecule has 17 nitrogen and oxygen atoms in total. The molecule has 2 atom stereocenters. The Hall–Kier alpha value is -6.90. The summed E-state index contributed by atoms with van der Waals surface area (Å²) in [5, 5.41) is 17.4. The number of aliphatic imine (C=N–C) groups is 1. The maximum Gasteiger partial charge on any atom is 0.260 e. The number of likely N-dealkylation sites (N-methyl/N-ethyl adjacent to an activating group) is 3. The van der Waals surface area contributed by atoms with Crippen LogP contribution in [0, 0.1) is 0 Å². The lowest BCUT2D eigenvalue weighted by Gasteiger charge is -2.25. The summed E-state index contributed by atoms with van der Waals surface area (Å²) in [4.78, 5) is 63.7. The number of aldehydes is 2. The highest BCUT2D eigenvalue weighted by atomic mass is 33.1. The van der Waals surface area contributed by atoms with Crippen molar-refractivity contribution in [1.82, 2.24) is 21.3 Å². The van der Waals surface area contributed by atoms with E-state index in [2.05, 4.69) is 83.2 Å². The molecule has 0 saturated heterocycles. The van der Waals surface area contributed by atoms with E-state index in [4.69, 9.17) is 23.9 Å². The van der Waals surface area contributed by atoms with Crippen LogP contribution in [0.25, 0.3) is 11.1 Å². The van der Waals surface area contributed by atoms with Crippen molar-refractivity contribution >= 4 is 80.8 Å². The van der Waals surface area contributed by atoms with Crippen LogP contribution in [0.3, 0.4) is 0 Å². The minimum absolute atomic E-state index is 0.00941. The van der Waals surface area contributed by atoms with Gasteiger partial charge in [0.2, 0.25) is 11.8 Å². The maximum atomic E-state index is 14.1. The van der Waals surface area contributed by atoms with Gasteiger partial charge in [-0.15, -0.1) is 0 Å². The number of carbonyl (C=O) groups is 5. The molecule has 6 N–H and O–H groups in total. The first-order valence-corrected chi connectivity index (χ1v) is 27.9. The van der Waals surface area contributed by atoms with E-state index in [1.807, 2.05) is 83.6 Å². The zero-order valence-electron chi connectivity index (χ0n) is 45.8. The Morgan fingerprint density at radius 3 is 2.01 bits per heavy atom. The normalized spacial score (nSPS) is 14.0. The van der Waals surface area contributed by atoms with Crippen LogP contribution < -0.4 is 55.7 Å². The van der Waals surface area contributed by atoms with Crippen molar-refractivity contribution in [3.8, 4) is 34.1 Å². The topological polar surface area (TPSA) is 210 Å². The smallest absolute Gasteiger partial charge is 0.260 e. The van der Waals surface area contributed by atoms with E-state index in [0.717, 1.165) is 64.7 Å². The van der Waals surface area contributed by atoms with E-state index in [0.29, 0.717) is 52.6 Å². The Bertz CT molecular complexity index is 2830. The van der Waals surface area contributed by atoms with Crippen LogP contribution in [-0.2, 0) is 45.2 Å². The molecular weight excluding hydrogens is 1020 g/mol. The van der Waals surface area contributed by atoms with Crippen LogP contribution in [0.1, 0.15) is 66.2 Å². The van der Waals surface area contributed by atoms with Gasteiger partial charge in [-0.1, -0.05) is 64.1 Å². The van der Waals surface area contributed by atoms with Crippen LogP contribution >= 0.6 is 21.6 Å². The first-order valence-electron chi connectivity index (χ1n) is 25.3. The van der Waals surface area contributed by atoms with Gasteiger partial charge in [0.1, 0.15) is 25.8 Å². The van der Waals surface area contributed by atoms with Gasteiger partial charge in [-0.25, -0.2) is 0 Å². The summed E-state index contributed by atoms with van der Waals surface area (Å²) < 4.78 is 24.7. The summed E-state index contributed by atoms with van der Waals surface area (Å²) >= 11 is 0. The predicted octanol–water partition coefficient (Wildman–Crippen LogP) is 8.44. The zero-order chi connectivity index (χ0) is 55.9. The van der Waals surface area contributed by atoms with E-state index in [1.54, 1.807) is 58.3 Å². The molecular formula is C58H74N8O9S2. The second kappa shape index (κ2) is 30.7. The molecule has 2 heterocycles. The Morgan fingerprint density at radius 1 is 0.753 bits per heavy atom. The standard InChI is InChI=1S/C46H50N6O6.C7H14OS2.C5H10N2O2/c1-28-15-32-12-8-10-14-40(32)52(28)46(54)37-21-42(56-6)43(22-38(37)49-4)57-26-29-16-30(18-33(17-29)51-45(53)25-47-2)27-58-44-23-39-36(20-41(44)55-5)35-13-9-7-11-31(35)19-34(48-3)24-50-39;1-7(2,10-9-3)5-4-6-8;1-6-4-5(9)7-2-3-8/h7-14,16-18,20-24,28,34,47-49H,15,19,25-27H2,1-6H3,(H,51,53);6H,4-5H2,1-3H3;3,6H,2,4H2,1H3,(H,7,9)/t28-,34?;;/m1../s1. The highest BCUT2D eigenvalue weighted by molar-refractivity contribution is 8.76. The van der Waals surface area contributed by atoms with E-state index < -0.39 is 0 Å². The molecule has 0 bridgehead atoms. The van der Waals surface area contributed by atoms with E-state index in [9.17, 15) is 24.0 Å².